The molecule has 0 bridgehead atoms. The molecule has 0 aromatic carbocycles. The maximum atomic E-state index is 10.1. The Morgan fingerprint density at radius 1 is 1.20 bits per heavy atom. The quantitative estimate of drug-likeness (QED) is 0.502. The average molecular weight is 465 g/mol. The van der Waals surface area contributed by atoms with Crippen LogP contribution in [-0.2, 0) is 2.81 Å². The van der Waals surface area contributed by atoms with Gasteiger partial charge in [0.05, 0.1) is 0 Å². The van der Waals surface area contributed by atoms with Crippen LogP contribution < -0.4 is 0 Å². The van der Waals surface area contributed by atoms with Gasteiger partial charge in [-0.2, -0.15) is 0 Å². The molecule has 0 spiro atoms. The fraction of sp³-hybridized carbons (Fsp3) is 0. The summed E-state index contributed by atoms with van der Waals surface area (Å²) in [6, 6.07) is 0. The molecule has 0 unspecified atom stereocenters. The van der Waals surface area contributed by atoms with Gasteiger partial charge in [-0.25, -0.2) is 0 Å². The topological polar surface area (TPSA) is 17.1 Å². The summed E-state index contributed by atoms with van der Waals surface area (Å²) in [4.78, 5) is 0. The van der Waals surface area contributed by atoms with Crippen LogP contribution in [0.4, 0.5) is 0 Å². The van der Waals surface area contributed by atoms with Crippen molar-refractivity contribution >= 4 is 49.9 Å². The van der Waals surface area contributed by atoms with E-state index in [1.165, 1.54) is 0 Å². The van der Waals surface area contributed by atoms with Crippen LogP contribution in [0.5, 0.6) is 0 Å². The molecule has 0 saturated heterocycles. The van der Waals surface area contributed by atoms with Crippen LogP contribution in [0.3, 0.4) is 0 Å². The van der Waals surface area contributed by atoms with E-state index >= 15 is 0 Å². The molecular weight excluding hydrogens is 465 g/mol. The van der Waals surface area contributed by atoms with Gasteiger partial charge >= 0.3 is 52.7 Å². The zero-order valence-corrected chi connectivity index (χ0v) is 10.2. The van der Waals surface area contributed by atoms with Crippen LogP contribution in [0.15, 0.2) is 0 Å². The number of hydrogen-bond acceptors (Lipinski definition) is 1. The first-order valence-electron chi connectivity index (χ1n) is 0.690. The fourth-order valence-corrected chi connectivity index (χ4v) is 0. The third-order valence-electron chi connectivity index (χ3n) is 0. The standard InChI is InChI=1S/Bi.3BrH.O/h;3*1H;/q+3;;;;/p-3. The molecule has 0 aliphatic heterocycles. The summed E-state index contributed by atoms with van der Waals surface area (Å²) in [5, 5.41) is 0. The zero-order chi connectivity index (χ0) is 4.50. The number of hydrogen-bond donors (Lipinski definition) is 0. The summed E-state index contributed by atoms with van der Waals surface area (Å²) < 4.78 is 10.1. The van der Waals surface area contributed by atoms with Crippen LogP contribution >= 0.6 is 36.7 Å². The molecule has 32 valence electrons. The summed E-state index contributed by atoms with van der Waals surface area (Å²) in [7, 11) is 0. The van der Waals surface area contributed by atoms with Gasteiger partial charge in [0.15, 0.2) is 0 Å². The first-order chi connectivity index (χ1) is 2.00. The molecule has 0 heterocycles. The predicted octanol–water partition coefficient (Wildman–Crippen LogP) is 2.04. The molecule has 0 fully saturated rings. The normalized spacial score (nSPS) is 11.8. The fourth-order valence-electron chi connectivity index (χ4n) is 0. The molecule has 0 saturated carbocycles. The van der Waals surface area contributed by atoms with E-state index in [4.69, 9.17) is 0 Å². The maximum absolute atomic E-state index is 10.1. The molecule has 0 aromatic rings. The van der Waals surface area contributed by atoms with Gasteiger partial charge in [-0.3, -0.25) is 0 Å². The Morgan fingerprint density at radius 3 is 1.20 bits per heavy atom. The van der Waals surface area contributed by atoms with Crippen molar-refractivity contribution in [1.82, 2.24) is 0 Å². The molecule has 0 aliphatic carbocycles. The molecule has 0 radical (unpaired) electrons. The van der Waals surface area contributed by atoms with Crippen LogP contribution in [0.25, 0.3) is 0 Å². The molecule has 1 nitrogen and oxygen atoms in total. The summed E-state index contributed by atoms with van der Waals surface area (Å²) in [5.41, 5.74) is 0. The van der Waals surface area contributed by atoms with Crippen LogP contribution in [-0.4, -0.2) is 13.2 Å². The second kappa shape index (κ2) is 2.44. The summed E-state index contributed by atoms with van der Waals surface area (Å²) >= 11 is 5.57. The van der Waals surface area contributed by atoms with E-state index in [9.17, 15) is 2.81 Å². The Labute approximate surface area is 51.7 Å². The van der Waals surface area contributed by atoms with E-state index < -0.39 is 13.2 Å². The van der Waals surface area contributed by atoms with Crippen molar-refractivity contribution in [2.24, 2.45) is 0 Å². The van der Waals surface area contributed by atoms with Gasteiger partial charge in [0.25, 0.3) is 0 Å². The second-order valence-corrected chi connectivity index (χ2v) is 54.8. The van der Waals surface area contributed by atoms with E-state index in [1.807, 2.05) is 0 Å². The van der Waals surface area contributed by atoms with E-state index in [-0.39, 0.29) is 0 Å². The van der Waals surface area contributed by atoms with E-state index in [1.54, 1.807) is 0 Å². The SMILES string of the molecule is [O]=[Bi]([Br])([Br])[Br]. The van der Waals surface area contributed by atoms with E-state index in [2.05, 4.69) is 36.7 Å². The van der Waals surface area contributed by atoms with Gasteiger partial charge in [-0.05, 0) is 0 Å². The molecule has 5 heavy (non-hydrogen) atoms. The number of rotatable bonds is 0. The van der Waals surface area contributed by atoms with Gasteiger partial charge in [0.1, 0.15) is 0 Å². The van der Waals surface area contributed by atoms with Crippen molar-refractivity contribution in [3.63, 3.8) is 0 Å². The van der Waals surface area contributed by atoms with Gasteiger partial charge in [-0.15, -0.1) is 0 Å². The molecule has 0 rings (SSSR count). The molecule has 0 aromatic heterocycles. The van der Waals surface area contributed by atoms with Crippen molar-refractivity contribution < 1.29 is 2.81 Å². The summed E-state index contributed by atoms with van der Waals surface area (Å²) in [5.74, 6) is 0. The van der Waals surface area contributed by atoms with Crippen LogP contribution in [0.1, 0.15) is 0 Å². The third-order valence-corrected chi connectivity index (χ3v) is 0. The van der Waals surface area contributed by atoms with Gasteiger partial charge in [0.2, 0.25) is 0 Å². The van der Waals surface area contributed by atoms with Crippen LogP contribution in [0.2, 0.25) is 0 Å². The first-order valence-corrected chi connectivity index (χ1v) is 24.7. The Balaban J connectivity index is 3.47. The van der Waals surface area contributed by atoms with Crippen molar-refractivity contribution in [1.29, 1.82) is 0 Å². The Kier molecular flexibility index (Phi) is 3.47. The first kappa shape index (κ1) is 7.12. The van der Waals surface area contributed by atoms with Crippen molar-refractivity contribution in [2.45, 2.75) is 0 Å². The Morgan fingerprint density at radius 2 is 1.20 bits per heavy atom. The summed E-state index contributed by atoms with van der Waals surface area (Å²) in [6.07, 6.45) is 0. The second-order valence-electron chi connectivity index (χ2n) is 0.399. The Bertz CT molecular complexity index is 53.0. The molecular formula is BiBr3O. The van der Waals surface area contributed by atoms with Gasteiger partial charge < -0.3 is 0 Å². The molecule has 5 heteroatoms. The van der Waals surface area contributed by atoms with Crippen molar-refractivity contribution in [3.05, 3.63) is 0 Å². The predicted molar refractivity (Wildman–Crippen MR) is 33.2 cm³/mol. The number of halogens is 3. The minimum absolute atomic E-state index is 2.87. The molecule has 0 atom stereocenters. The Hall–Kier alpha value is 2.12. The zero-order valence-electron chi connectivity index (χ0n) is 1.99. The van der Waals surface area contributed by atoms with Gasteiger partial charge in [-0.1, -0.05) is 0 Å². The average Bonchev–Trinajstić information content (AvgIpc) is 0.722. The van der Waals surface area contributed by atoms with Crippen molar-refractivity contribution in [2.75, 3.05) is 0 Å². The molecule has 0 aliphatic rings. The molecule has 0 amide bonds. The summed E-state index contributed by atoms with van der Waals surface area (Å²) in [6.45, 7) is 0. The third kappa shape index (κ3) is 23.1. The van der Waals surface area contributed by atoms with Gasteiger partial charge in [0, 0.05) is 0 Å². The molecule has 0 N–H and O–H groups in total. The van der Waals surface area contributed by atoms with E-state index in [0.717, 1.165) is 0 Å². The van der Waals surface area contributed by atoms with Crippen molar-refractivity contribution in [3.8, 4) is 0 Å². The van der Waals surface area contributed by atoms with Crippen LogP contribution in [0, 0.1) is 0 Å². The van der Waals surface area contributed by atoms with E-state index in [0.29, 0.717) is 0 Å². The monoisotopic (exact) mass is 462 g/mol. The minimum atomic E-state index is -3.03.